The van der Waals surface area contributed by atoms with E-state index in [1.165, 1.54) is 5.69 Å². The Kier molecular flexibility index (Phi) is 4.51. The first-order chi connectivity index (χ1) is 11.2. The van der Waals surface area contributed by atoms with Crippen molar-refractivity contribution < 1.29 is 9.53 Å². The van der Waals surface area contributed by atoms with Crippen molar-refractivity contribution in [3.8, 4) is 5.75 Å². The van der Waals surface area contributed by atoms with Crippen LogP contribution in [-0.2, 0) is 0 Å². The van der Waals surface area contributed by atoms with E-state index in [9.17, 15) is 4.79 Å². The summed E-state index contributed by atoms with van der Waals surface area (Å²) in [7, 11) is 1.67. The maximum atomic E-state index is 12.6. The van der Waals surface area contributed by atoms with Gasteiger partial charge in [0.15, 0.2) is 0 Å². The number of benzene rings is 2. The summed E-state index contributed by atoms with van der Waals surface area (Å²) in [6, 6.07) is 15.9. The molecule has 1 heterocycles. The van der Waals surface area contributed by atoms with Gasteiger partial charge in [-0.2, -0.15) is 0 Å². The molecule has 1 saturated heterocycles. The molecule has 3 rings (SSSR count). The maximum Gasteiger partial charge on any atom is 0.254 e. The molecule has 120 valence electrons. The van der Waals surface area contributed by atoms with Crippen molar-refractivity contribution in [2.75, 3.05) is 38.2 Å². The summed E-state index contributed by atoms with van der Waals surface area (Å²) in [5.74, 6) is 1.000. The Balaban J connectivity index is 1.64. The molecular weight excluding hydrogens is 288 g/mol. The van der Waals surface area contributed by atoms with Gasteiger partial charge in [0.2, 0.25) is 0 Å². The van der Waals surface area contributed by atoms with Crippen LogP contribution in [0.4, 0.5) is 5.69 Å². The second kappa shape index (κ2) is 6.73. The number of carbonyl (C=O) groups excluding carboxylic acids is 1. The van der Waals surface area contributed by atoms with Gasteiger partial charge in [-0.15, -0.1) is 0 Å². The second-order valence-corrected chi connectivity index (χ2v) is 5.79. The molecule has 0 radical (unpaired) electrons. The quantitative estimate of drug-likeness (QED) is 0.874. The highest BCUT2D eigenvalue weighted by Crippen LogP contribution is 2.21. The van der Waals surface area contributed by atoms with Crippen LogP contribution in [0.3, 0.4) is 0 Å². The normalized spacial score (nSPS) is 14.7. The SMILES string of the molecule is COc1ccc(N2CCN(C(=O)c3ccccc3C)CC2)cc1. The number of anilines is 1. The number of rotatable bonds is 3. The van der Waals surface area contributed by atoms with Gasteiger partial charge in [0, 0.05) is 37.4 Å². The molecule has 2 aromatic rings. The molecule has 0 N–H and O–H groups in total. The highest BCUT2D eigenvalue weighted by molar-refractivity contribution is 5.95. The van der Waals surface area contributed by atoms with Crippen LogP contribution in [0, 0.1) is 6.92 Å². The molecule has 0 bridgehead atoms. The standard InChI is InChI=1S/C19H22N2O2/c1-15-5-3-4-6-18(15)19(22)21-13-11-20(12-14-21)16-7-9-17(23-2)10-8-16/h3-10H,11-14H2,1-2H3. The minimum absolute atomic E-state index is 0.137. The van der Waals surface area contributed by atoms with Crippen molar-refractivity contribution in [2.24, 2.45) is 0 Å². The molecule has 1 aliphatic heterocycles. The summed E-state index contributed by atoms with van der Waals surface area (Å²) in [6.07, 6.45) is 0. The highest BCUT2D eigenvalue weighted by atomic mass is 16.5. The van der Waals surface area contributed by atoms with Crippen LogP contribution in [0.15, 0.2) is 48.5 Å². The Morgan fingerprint density at radius 1 is 0.957 bits per heavy atom. The Morgan fingerprint density at radius 2 is 1.61 bits per heavy atom. The number of aryl methyl sites for hydroxylation is 1. The number of amides is 1. The van der Waals surface area contributed by atoms with Crippen LogP contribution in [0.1, 0.15) is 15.9 Å². The molecule has 2 aromatic carbocycles. The van der Waals surface area contributed by atoms with E-state index in [1.807, 2.05) is 48.2 Å². The van der Waals surface area contributed by atoms with Crippen LogP contribution >= 0.6 is 0 Å². The summed E-state index contributed by atoms with van der Waals surface area (Å²) in [6.45, 7) is 5.19. The van der Waals surface area contributed by atoms with Crippen LogP contribution in [-0.4, -0.2) is 44.1 Å². The molecule has 0 spiro atoms. The Hall–Kier alpha value is -2.49. The smallest absolute Gasteiger partial charge is 0.254 e. The van der Waals surface area contributed by atoms with Crippen LogP contribution in [0.2, 0.25) is 0 Å². The van der Waals surface area contributed by atoms with E-state index in [4.69, 9.17) is 4.74 Å². The van der Waals surface area contributed by atoms with Gasteiger partial charge in [-0.3, -0.25) is 4.79 Å². The molecule has 0 aromatic heterocycles. The predicted octanol–water partition coefficient (Wildman–Crippen LogP) is 2.97. The molecule has 1 fully saturated rings. The zero-order valence-corrected chi connectivity index (χ0v) is 13.7. The van der Waals surface area contributed by atoms with Gasteiger partial charge >= 0.3 is 0 Å². The zero-order chi connectivity index (χ0) is 16.2. The lowest BCUT2D eigenvalue weighted by atomic mass is 10.1. The number of carbonyl (C=O) groups is 1. The van der Waals surface area contributed by atoms with Crippen molar-refractivity contribution in [3.05, 3.63) is 59.7 Å². The van der Waals surface area contributed by atoms with Crippen molar-refractivity contribution in [3.63, 3.8) is 0 Å². The predicted molar refractivity (Wildman–Crippen MR) is 92.3 cm³/mol. The van der Waals surface area contributed by atoms with Crippen LogP contribution < -0.4 is 9.64 Å². The largest absolute Gasteiger partial charge is 0.497 e. The minimum atomic E-state index is 0.137. The van der Waals surface area contributed by atoms with E-state index >= 15 is 0 Å². The van der Waals surface area contributed by atoms with E-state index in [0.717, 1.165) is 43.1 Å². The zero-order valence-electron chi connectivity index (χ0n) is 13.7. The maximum absolute atomic E-state index is 12.6. The molecular formula is C19H22N2O2. The van der Waals surface area contributed by atoms with E-state index in [2.05, 4.69) is 17.0 Å². The van der Waals surface area contributed by atoms with Gasteiger partial charge in [-0.25, -0.2) is 0 Å². The van der Waals surface area contributed by atoms with Gasteiger partial charge in [-0.1, -0.05) is 18.2 Å². The summed E-state index contributed by atoms with van der Waals surface area (Å²) in [4.78, 5) is 16.9. The van der Waals surface area contributed by atoms with Crippen molar-refractivity contribution in [1.29, 1.82) is 0 Å². The monoisotopic (exact) mass is 310 g/mol. The van der Waals surface area contributed by atoms with Crippen LogP contribution in [0.5, 0.6) is 5.75 Å². The molecule has 4 heteroatoms. The van der Waals surface area contributed by atoms with Crippen molar-refractivity contribution in [2.45, 2.75) is 6.92 Å². The second-order valence-electron chi connectivity index (χ2n) is 5.79. The van der Waals surface area contributed by atoms with Gasteiger partial charge in [-0.05, 0) is 42.8 Å². The molecule has 4 nitrogen and oxygen atoms in total. The number of hydrogen-bond acceptors (Lipinski definition) is 3. The lowest BCUT2D eigenvalue weighted by Gasteiger charge is -2.36. The minimum Gasteiger partial charge on any atom is -0.497 e. The van der Waals surface area contributed by atoms with E-state index in [1.54, 1.807) is 7.11 Å². The highest BCUT2D eigenvalue weighted by Gasteiger charge is 2.23. The first-order valence-corrected chi connectivity index (χ1v) is 7.93. The van der Waals surface area contributed by atoms with Crippen LogP contribution in [0.25, 0.3) is 0 Å². The average Bonchev–Trinajstić information content (AvgIpc) is 2.62. The number of hydrogen-bond donors (Lipinski definition) is 0. The Morgan fingerprint density at radius 3 is 2.22 bits per heavy atom. The summed E-state index contributed by atoms with van der Waals surface area (Å²) < 4.78 is 5.19. The summed E-state index contributed by atoms with van der Waals surface area (Å²) in [5, 5.41) is 0. The number of methoxy groups -OCH3 is 1. The number of nitrogens with zero attached hydrogens (tertiary/aromatic N) is 2. The van der Waals surface area contributed by atoms with Gasteiger partial charge in [0.1, 0.15) is 5.75 Å². The fourth-order valence-corrected chi connectivity index (χ4v) is 2.94. The lowest BCUT2D eigenvalue weighted by molar-refractivity contribution is 0.0746. The first-order valence-electron chi connectivity index (χ1n) is 7.93. The topological polar surface area (TPSA) is 32.8 Å². The molecule has 0 unspecified atom stereocenters. The average molecular weight is 310 g/mol. The van der Waals surface area contributed by atoms with E-state index in [-0.39, 0.29) is 5.91 Å². The summed E-state index contributed by atoms with van der Waals surface area (Å²) >= 11 is 0. The van der Waals surface area contributed by atoms with Crippen molar-refractivity contribution in [1.82, 2.24) is 4.90 Å². The Labute approximate surface area is 137 Å². The van der Waals surface area contributed by atoms with E-state index in [0.29, 0.717) is 0 Å². The molecule has 0 atom stereocenters. The molecule has 1 amide bonds. The molecule has 0 aliphatic carbocycles. The fourth-order valence-electron chi connectivity index (χ4n) is 2.94. The molecule has 23 heavy (non-hydrogen) atoms. The van der Waals surface area contributed by atoms with Gasteiger partial charge < -0.3 is 14.5 Å². The van der Waals surface area contributed by atoms with Crippen molar-refractivity contribution >= 4 is 11.6 Å². The van der Waals surface area contributed by atoms with Gasteiger partial charge in [0.05, 0.1) is 7.11 Å². The first kappa shape index (κ1) is 15.4. The third kappa shape index (κ3) is 3.31. The Bertz CT molecular complexity index is 674. The third-order valence-electron chi connectivity index (χ3n) is 4.38. The number of piperazine rings is 1. The third-order valence-corrected chi connectivity index (χ3v) is 4.38. The van der Waals surface area contributed by atoms with Gasteiger partial charge in [0.25, 0.3) is 5.91 Å². The molecule has 1 aliphatic rings. The summed E-state index contributed by atoms with van der Waals surface area (Å²) in [5.41, 5.74) is 3.02. The fraction of sp³-hybridized carbons (Fsp3) is 0.316. The number of ether oxygens (including phenoxy) is 1. The lowest BCUT2D eigenvalue weighted by Crippen LogP contribution is -2.48. The van der Waals surface area contributed by atoms with E-state index < -0.39 is 0 Å². The molecule has 0 saturated carbocycles.